The van der Waals surface area contributed by atoms with Crippen molar-refractivity contribution in [1.82, 2.24) is 0 Å². The van der Waals surface area contributed by atoms with E-state index in [1.165, 1.54) is 13.2 Å². The molecule has 0 radical (unpaired) electrons. The molecule has 0 aliphatic rings. The smallest absolute Gasteiger partial charge is 0.339 e. The van der Waals surface area contributed by atoms with Crippen LogP contribution < -0.4 is 5.14 Å². The summed E-state index contributed by atoms with van der Waals surface area (Å²) in [4.78, 5) is 12.3. The molecule has 0 fully saturated rings. The number of thiophene rings is 1. The molecule has 0 aliphatic carbocycles. The van der Waals surface area contributed by atoms with Crippen LogP contribution in [-0.2, 0) is 14.8 Å². The van der Waals surface area contributed by atoms with Crippen molar-refractivity contribution in [3.8, 4) is 10.4 Å². The number of benzene rings is 1. The number of aryl methyl sites for hydroxylation is 1. The number of primary sulfonamides is 1. The van der Waals surface area contributed by atoms with Crippen LogP contribution >= 0.6 is 11.3 Å². The van der Waals surface area contributed by atoms with Crippen LogP contribution in [0, 0.1) is 6.92 Å². The van der Waals surface area contributed by atoms with Crippen molar-refractivity contribution < 1.29 is 17.9 Å². The van der Waals surface area contributed by atoms with Crippen LogP contribution in [0.1, 0.15) is 15.9 Å². The molecule has 0 bridgehead atoms. The largest absolute Gasteiger partial charge is 0.465 e. The maximum atomic E-state index is 11.8. The monoisotopic (exact) mass is 311 g/mol. The van der Waals surface area contributed by atoms with E-state index in [2.05, 4.69) is 4.74 Å². The molecule has 0 saturated carbocycles. The average Bonchev–Trinajstić information content (AvgIpc) is 2.82. The van der Waals surface area contributed by atoms with Gasteiger partial charge in [-0.3, -0.25) is 0 Å². The van der Waals surface area contributed by atoms with Gasteiger partial charge in [0.15, 0.2) is 0 Å². The van der Waals surface area contributed by atoms with Crippen molar-refractivity contribution >= 4 is 27.3 Å². The van der Waals surface area contributed by atoms with Gasteiger partial charge in [0.2, 0.25) is 10.0 Å². The minimum absolute atomic E-state index is 0.0607. The molecule has 0 amide bonds. The van der Waals surface area contributed by atoms with Crippen LogP contribution in [0.4, 0.5) is 0 Å². The van der Waals surface area contributed by atoms with Crippen molar-refractivity contribution in [1.29, 1.82) is 0 Å². The van der Waals surface area contributed by atoms with Gasteiger partial charge in [-0.15, -0.1) is 11.3 Å². The summed E-state index contributed by atoms with van der Waals surface area (Å²) in [5, 5.41) is 5.12. The quantitative estimate of drug-likeness (QED) is 0.880. The van der Waals surface area contributed by atoms with Gasteiger partial charge in [0.25, 0.3) is 0 Å². The molecular formula is C13H13NO4S2. The normalized spacial score (nSPS) is 11.3. The van der Waals surface area contributed by atoms with Gasteiger partial charge in [-0.25, -0.2) is 18.4 Å². The Kier molecular flexibility index (Phi) is 3.94. The first-order valence-corrected chi connectivity index (χ1v) is 8.01. The zero-order chi connectivity index (χ0) is 14.9. The summed E-state index contributed by atoms with van der Waals surface area (Å²) in [7, 11) is -2.61. The van der Waals surface area contributed by atoms with Crippen LogP contribution in [0.2, 0.25) is 0 Å². The fourth-order valence-electron chi connectivity index (χ4n) is 1.77. The molecule has 0 aliphatic heterocycles. The third kappa shape index (κ3) is 2.90. The lowest BCUT2D eigenvalue weighted by Crippen LogP contribution is -2.10. The summed E-state index contributed by atoms with van der Waals surface area (Å²) < 4.78 is 27.5. The van der Waals surface area contributed by atoms with Gasteiger partial charge in [-0.2, -0.15) is 0 Å². The molecule has 106 valence electrons. The number of sulfonamides is 1. The highest BCUT2D eigenvalue weighted by atomic mass is 32.2. The minimum atomic E-state index is -3.85. The van der Waals surface area contributed by atoms with Crippen molar-refractivity contribution in [3.05, 3.63) is 41.5 Å². The first-order valence-electron chi connectivity index (χ1n) is 5.65. The van der Waals surface area contributed by atoms with E-state index in [9.17, 15) is 13.2 Å². The number of esters is 1. The average molecular weight is 311 g/mol. The lowest BCUT2D eigenvalue weighted by Gasteiger charge is -2.03. The van der Waals surface area contributed by atoms with Gasteiger partial charge in [-0.1, -0.05) is 29.8 Å². The van der Waals surface area contributed by atoms with Crippen molar-refractivity contribution in [2.24, 2.45) is 5.14 Å². The lowest BCUT2D eigenvalue weighted by atomic mass is 10.1. The van der Waals surface area contributed by atoms with E-state index in [0.717, 1.165) is 22.5 Å². The Hall–Kier alpha value is -1.70. The number of hydrogen-bond acceptors (Lipinski definition) is 5. The number of ether oxygens (including phenoxy) is 1. The predicted octanol–water partition coefficient (Wildman–Crippen LogP) is 2.16. The van der Waals surface area contributed by atoms with Gasteiger partial charge in [0.05, 0.1) is 17.6 Å². The van der Waals surface area contributed by atoms with E-state index < -0.39 is 16.0 Å². The molecule has 20 heavy (non-hydrogen) atoms. The number of carbonyl (C=O) groups excluding carboxylic acids is 1. The summed E-state index contributed by atoms with van der Waals surface area (Å²) in [6, 6.07) is 8.67. The zero-order valence-corrected chi connectivity index (χ0v) is 12.5. The van der Waals surface area contributed by atoms with Crippen molar-refractivity contribution in [2.75, 3.05) is 7.11 Å². The highest BCUT2D eigenvalue weighted by Crippen LogP contribution is 2.35. The number of carbonyl (C=O) groups is 1. The zero-order valence-electron chi connectivity index (χ0n) is 10.9. The first kappa shape index (κ1) is 14.7. The molecule has 0 spiro atoms. The standard InChI is InChI=1S/C13H13NO4S2/c1-8-4-3-5-9(6-8)12-10(13(15)18-2)7-11(19-12)20(14,16)17/h3-7H,1-2H3,(H2,14,16,17). The highest BCUT2D eigenvalue weighted by Gasteiger charge is 2.22. The molecule has 2 rings (SSSR count). The molecule has 1 aromatic heterocycles. The third-order valence-corrected chi connectivity index (χ3v) is 5.28. The summed E-state index contributed by atoms with van der Waals surface area (Å²) >= 11 is 0.958. The summed E-state index contributed by atoms with van der Waals surface area (Å²) in [6.07, 6.45) is 0. The van der Waals surface area contributed by atoms with Crippen LogP contribution in [-0.4, -0.2) is 21.5 Å². The fourth-order valence-corrected chi connectivity index (χ4v) is 3.64. The Morgan fingerprint density at radius 3 is 2.55 bits per heavy atom. The van der Waals surface area contributed by atoms with E-state index in [-0.39, 0.29) is 9.77 Å². The molecule has 1 aromatic carbocycles. The Morgan fingerprint density at radius 1 is 1.30 bits per heavy atom. The second kappa shape index (κ2) is 5.35. The van der Waals surface area contributed by atoms with Crippen molar-refractivity contribution in [3.63, 3.8) is 0 Å². The van der Waals surface area contributed by atoms with Gasteiger partial charge in [-0.05, 0) is 18.6 Å². The third-order valence-electron chi connectivity index (χ3n) is 2.68. The molecule has 7 heteroatoms. The Morgan fingerprint density at radius 2 is 2.00 bits per heavy atom. The molecule has 5 nitrogen and oxygen atoms in total. The van der Waals surface area contributed by atoms with Crippen molar-refractivity contribution in [2.45, 2.75) is 11.1 Å². The Labute approximate surface area is 121 Å². The summed E-state index contributed by atoms with van der Waals surface area (Å²) in [6.45, 7) is 1.91. The van der Waals surface area contributed by atoms with Crippen LogP contribution in [0.3, 0.4) is 0 Å². The molecular weight excluding hydrogens is 298 g/mol. The van der Waals surface area contributed by atoms with E-state index in [4.69, 9.17) is 5.14 Å². The summed E-state index contributed by atoms with van der Waals surface area (Å²) in [5.41, 5.74) is 1.96. The molecule has 2 aromatic rings. The maximum absolute atomic E-state index is 11.8. The van der Waals surface area contributed by atoms with E-state index in [1.807, 2.05) is 25.1 Å². The first-order chi connectivity index (χ1) is 9.32. The number of rotatable bonds is 3. The SMILES string of the molecule is COC(=O)c1cc(S(N)(=O)=O)sc1-c1cccc(C)c1. The molecule has 0 atom stereocenters. The maximum Gasteiger partial charge on any atom is 0.339 e. The highest BCUT2D eigenvalue weighted by molar-refractivity contribution is 7.91. The van der Waals surface area contributed by atoms with Crippen LogP contribution in [0.5, 0.6) is 0 Å². The van der Waals surface area contributed by atoms with Gasteiger partial charge in [0.1, 0.15) is 4.21 Å². The van der Waals surface area contributed by atoms with E-state index in [1.54, 1.807) is 6.07 Å². The molecule has 0 unspecified atom stereocenters. The topological polar surface area (TPSA) is 86.5 Å². The second-order valence-electron chi connectivity index (χ2n) is 4.21. The second-order valence-corrected chi connectivity index (χ2v) is 7.05. The predicted molar refractivity (Wildman–Crippen MR) is 77.2 cm³/mol. The molecule has 0 saturated heterocycles. The van der Waals surface area contributed by atoms with Crippen LogP contribution in [0.15, 0.2) is 34.5 Å². The van der Waals surface area contributed by atoms with E-state index >= 15 is 0 Å². The minimum Gasteiger partial charge on any atom is -0.465 e. The summed E-state index contributed by atoms with van der Waals surface area (Å²) in [5.74, 6) is -0.590. The number of nitrogens with two attached hydrogens (primary N) is 1. The van der Waals surface area contributed by atoms with Gasteiger partial charge in [0, 0.05) is 0 Å². The van der Waals surface area contributed by atoms with Gasteiger partial charge >= 0.3 is 5.97 Å². The van der Waals surface area contributed by atoms with E-state index in [0.29, 0.717) is 4.88 Å². The fraction of sp³-hybridized carbons (Fsp3) is 0.154. The van der Waals surface area contributed by atoms with Gasteiger partial charge < -0.3 is 4.74 Å². The van der Waals surface area contributed by atoms with Crippen LogP contribution in [0.25, 0.3) is 10.4 Å². The molecule has 2 N–H and O–H groups in total. The lowest BCUT2D eigenvalue weighted by molar-refractivity contribution is 0.0602. The number of methoxy groups -OCH3 is 1. The Balaban J connectivity index is 2.68. The molecule has 1 heterocycles. The number of hydrogen-bond donors (Lipinski definition) is 1. The Bertz CT molecular complexity index is 762.